The second-order valence-electron chi connectivity index (χ2n) is 4.15. The molecule has 2 aromatic rings. The number of urea groups is 1. The molecule has 1 aromatic carbocycles. The molecule has 0 spiro atoms. The van der Waals surface area contributed by atoms with Crippen molar-refractivity contribution in [2.24, 2.45) is 0 Å². The maximum absolute atomic E-state index is 11.5. The second kappa shape index (κ2) is 6.38. The lowest BCUT2D eigenvalue weighted by molar-refractivity contribution is 0.252. The summed E-state index contributed by atoms with van der Waals surface area (Å²) in [5, 5.41) is 6.00. The number of methoxy groups -OCH3 is 1. The third-order valence-corrected chi connectivity index (χ3v) is 3.83. The number of anilines is 1. The van der Waals surface area contributed by atoms with Crippen molar-refractivity contribution in [1.82, 2.24) is 10.3 Å². The van der Waals surface area contributed by atoms with Crippen LogP contribution in [0, 0.1) is 6.92 Å². The highest BCUT2D eigenvalue weighted by molar-refractivity contribution is 7.19. The molecule has 0 aliphatic carbocycles. The van der Waals surface area contributed by atoms with Gasteiger partial charge in [-0.1, -0.05) is 11.3 Å². The van der Waals surface area contributed by atoms with E-state index in [0.717, 1.165) is 21.9 Å². The Hall–Kier alpha value is -2.08. The number of carbonyl (C=O) groups is 1. The molecule has 106 valence electrons. The van der Waals surface area contributed by atoms with Crippen molar-refractivity contribution in [1.29, 1.82) is 0 Å². The summed E-state index contributed by atoms with van der Waals surface area (Å²) in [6, 6.07) is 7.55. The average molecular weight is 291 g/mol. The van der Waals surface area contributed by atoms with E-state index in [1.54, 1.807) is 7.11 Å². The average Bonchev–Trinajstić information content (AvgIpc) is 2.80. The molecule has 2 amide bonds. The number of rotatable bonds is 4. The van der Waals surface area contributed by atoms with Crippen LogP contribution in [0.25, 0.3) is 10.4 Å². The van der Waals surface area contributed by atoms with Gasteiger partial charge in [0, 0.05) is 6.54 Å². The van der Waals surface area contributed by atoms with Gasteiger partial charge in [-0.05, 0) is 43.7 Å². The zero-order chi connectivity index (χ0) is 14.5. The van der Waals surface area contributed by atoms with Crippen molar-refractivity contribution in [3.8, 4) is 16.2 Å². The highest BCUT2D eigenvalue weighted by Crippen LogP contribution is 2.33. The quantitative estimate of drug-likeness (QED) is 0.908. The number of aromatic nitrogens is 1. The molecule has 0 radical (unpaired) electrons. The second-order valence-corrected chi connectivity index (χ2v) is 5.15. The fourth-order valence-corrected chi connectivity index (χ4v) is 2.73. The Kier molecular flexibility index (Phi) is 4.57. The van der Waals surface area contributed by atoms with Crippen molar-refractivity contribution in [3.63, 3.8) is 0 Å². The van der Waals surface area contributed by atoms with Gasteiger partial charge in [-0.25, -0.2) is 9.78 Å². The first-order valence-corrected chi connectivity index (χ1v) is 7.12. The molecular weight excluding hydrogens is 274 g/mol. The summed E-state index contributed by atoms with van der Waals surface area (Å²) in [7, 11) is 1.64. The van der Waals surface area contributed by atoms with Crippen LogP contribution < -0.4 is 15.4 Å². The summed E-state index contributed by atoms with van der Waals surface area (Å²) >= 11 is 1.46. The standard InChI is InChI=1S/C14H17N3O2S/c1-4-15-13(18)17-14-16-9(2)12(20-14)10-5-7-11(19-3)8-6-10/h5-8H,4H2,1-3H3,(H2,15,16,17,18). The van der Waals surface area contributed by atoms with Crippen molar-refractivity contribution < 1.29 is 9.53 Å². The van der Waals surface area contributed by atoms with Gasteiger partial charge in [0.25, 0.3) is 0 Å². The number of thiazole rings is 1. The molecule has 0 saturated heterocycles. The van der Waals surface area contributed by atoms with E-state index in [1.807, 2.05) is 38.1 Å². The van der Waals surface area contributed by atoms with E-state index in [0.29, 0.717) is 11.7 Å². The number of benzene rings is 1. The minimum Gasteiger partial charge on any atom is -0.497 e. The summed E-state index contributed by atoms with van der Waals surface area (Å²) < 4.78 is 5.14. The lowest BCUT2D eigenvalue weighted by atomic mass is 10.1. The van der Waals surface area contributed by atoms with E-state index in [1.165, 1.54) is 11.3 Å². The van der Waals surface area contributed by atoms with E-state index < -0.39 is 0 Å². The van der Waals surface area contributed by atoms with Crippen LogP contribution in [0.1, 0.15) is 12.6 Å². The topological polar surface area (TPSA) is 63.2 Å². The van der Waals surface area contributed by atoms with Crippen LogP contribution in [-0.4, -0.2) is 24.7 Å². The van der Waals surface area contributed by atoms with Crippen LogP contribution in [0.3, 0.4) is 0 Å². The van der Waals surface area contributed by atoms with Crippen LogP contribution in [0.15, 0.2) is 24.3 Å². The lowest BCUT2D eigenvalue weighted by Gasteiger charge is -2.02. The first kappa shape index (κ1) is 14.3. The van der Waals surface area contributed by atoms with Crippen LogP contribution in [0.2, 0.25) is 0 Å². The lowest BCUT2D eigenvalue weighted by Crippen LogP contribution is -2.28. The number of ether oxygens (including phenoxy) is 1. The molecule has 0 unspecified atom stereocenters. The van der Waals surface area contributed by atoms with Crippen LogP contribution in [-0.2, 0) is 0 Å². The zero-order valence-corrected chi connectivity index (χ0v) is 12.5. The van der Waals surface area contributed by atoms with Gasteiger partial charge in [-0.3, -0.25) is 5.32 Å². The van der Waals surface area contributed by atoms with Gasteiger partial charge in [0.2, 0.25) is 0 Å². The molecule has 0 aliphatic rings. The van der Waals surface area contributed by atoms with Gasteiger partial charge >= 0.3 is 6.03 Å². The molecule has 0 aliphatic heterocycles. The molecule has 0 bridgehead atoms. The zero-order valence-electron chi connectivity index (χ0n) is 11.7. The Bertz CT molecular complexity index is 593. The maximum atomic E-state index is 11.5. The van der Waals surface area contributed by atoms with E-state index in [2.05, 4.69) is 15.6 Å². The number of nitrogens with one attached hydrogen (secondary N) is 2. The number of hydrogen-bond donors (Lipinski definition) is 2. The van der Waals surface area contributed by atoms with Crippen molar-refractivity contribution >= 4 is 22.5 Å². The summed E-state index contributed by atoms with van der Waals surface area (Å²) in [5.41, 5.74) is 1.96. The molecule has 0 atom stereocenters. The molecule has 5 nitrogen and oxygen atoms in total. The van der Waals surface area contributed by atoms with E-state index in [-0.39, 0.29) is 6.03 Å². The summed E-state index contributed by atoms with van der Waals surface area (Å²) in [4.78, 5) is 16.9. The SMILES string of the molecule is CCNC(=O)Nc1nc(C)c(-c2ccc(OC)cc2)s1. The number of aryl methyl sites for hydroxylation is 1. The molecule has 20 heavy (non-hydrogen) atoms. The van der Waals surface area contributed by atoms with Crippen LogP contribution in [0.4, 0.5) is 9.93 Å². The summed E-state index contributed by atoms with van der Waals surface area (Å²) in [5.74, 6) is 0.816. The molecular formula is C14H17N3O2S. The fourth-order valence-electron chi connectivity index (χ4n) is 1.76. The Labute approximate surface area is 122 Å². The summed E-state index contributed by atoms with van der Waals surface area (Å²) in [6.07, 6.45) is 0. The van der Waals surface area contributed by atoms with Gasteiger partial charge in [0.05, 0.1) is 17.7 Å². The van der Waals surface area contributed by atoms with Crippen molar-refractivity contribution in [2.45, 2.75) is 13.8 Å². The normalized spacial score (nSPS) is 10.2. The first-order valence-electron chi connectivity index (χ1n) is 6.30. The molecule has 2 rings (SSSR count). The minimum atomic E-state index is -0.234. The number of nitrogens with zero attached hydrogens (tertiary/aromatic N) is 1. The number of amides is 2. The molecule has 2 N–H and O–H groups in total. The maximum Gasteiger partial charge on any atom is 0.321 e. The third-order valence-electron chi connectivity index (χ3n) is 2.71. The largest absolute Gasteiger partial charge is 0.497 e. The van der Waals surface area contributed by atoms with Crippen molar-refractivity contribution in [3.05, 3.63) is 30.0 Å². The predicted octanol–water partition coefficient (Wildman–Crippen LogP) is 3.27. The van der Waals surface area contributed by atoms with E-state index >= 15 is 0 Å². The minimum absolute atomic E-state index is 0.234. The molecule has 6 heteroatoms. The number of carbonyl (C=O) groups excluding carboxylic acids is 1. The summed E-state index contributed by atoms with van der Waals surface area (Å²) in [6.45, 7) is 4.38. The van der Waals surface area contributed by atoms with Gasteiger partial charge in [-0.2, -0.15) is 0 Å². The van der Waals surface area contributed by atoms with Gasteiger partial charge in [0.15, 0.2) is 5.13 Å². The first-order chi connectivity index (χ1) is 9.63. The smallest absolute Gasteiger partial charge is 0.321 e. The Morgan fingerprint density at radius 2 is 2.05 bits per heavy atom. The van der Waals surface area contributed by atoms with E-state index in [4.69, 9.17) is 4.74 Å². The predicted molar refractivity (Wildman–Crippen MR) is 81.5 cm³/mol. The van der Waals surface area contributed by atoms with Crippen LogP contribution in [0.5, 0.6) is 5.75 Å². The highest BCUT2D eigenvalue weighted by Gasteiger charge is 2.11. The molecule has 0 fully saturated rings. The van der Waals surface area contributed by atoms with Crippen LogP contribution >= 0.6 is 11.3 Å². The Morgan fingerprint density at radius 1 is 1.35 bits per heavy atom. The number of hydrogen-bond acceptors (Lipinski definition) is 4. The van der Waals surface area contributed by atoms with Crippen molar-refractivity contribution in [2.75, 3.05) is 19.0 Å². The van der Waals surface area contributed by atoms with Gasteiger partial charge in [-0.15, -0.1) is 0 Å². The van der Waals surface area contributed by atoms with E-state index in [9.17, 15) is 4.79 Å². The Balaban J connectivity index is 2.19. The fraction of sp³-hybridized carbons (Fsp3) is 0.286. The monoisotopic (exact) mass is 291 g/mol. The molecule has 0 saturated carbocycles. The molecule has 1 aromatic heterocycles. The highest BCUT2D eigenvalue weighted by atomic mass is 32.1. The Morgan fingerprint density at radius 3 is 2.65 bits per heavy atom. The van der Waals surface area contributed by atoms with Gasteiger partial charge < -0.3 is 10.1 Å². The third kappa shape index (κ3) is 3.27. The molecule has 1 heterocycles. The van der Waals surface area contributed by atoms with Gasteiger partial charge in [0.1, 0.15) is 5.75 Å².